The highest BCUT2D eigenvalue weighted by atomic mass is 16.5. The lowest BCUT2D eigenvalue weighted by Gasteiger charge is -2.20. The fraction of sp³-hybridized carbons (Fsp3) is 0.409. The summed E-state index contributed by atoms with van der Waals surface area (Å²) in [5, 5.41) is 3.00. The van der Waals surface area contributed by atoms with Gasteiger partial charge in [0.25, 0.3) is 5.91 Å². The molecule has 25 heavy (non-hydrogen) atoms. The molecule has 0 saturated carbocycles. The predicted molar refractivity (Wildman–Crippen MR) is 101 cm³/mol. The van der Waals surface area contributed by atoms with E-state index in [1.165, 1.54) is 29.5 Å². The average Bonchev–Trinajstić information content (AvgIpc) is 2.66. The Kier molecular flexibility index (Phi) is 6.10. The molecule has 1 aliphatic carbocycles. The lowest BCUT2D eigenvalue weighted by Crippen LogP contribution is -2.39. The number of amides is 1. The van der Waals surface area contributed by atoms with Crippen LogP contribution in [0.5, 0.6) is 5.75 Å². The molecule has 0 spiro atoms. The molecule has 1 N–H and O–H groups in total. The highest BCUT2D eigenvalue weighted by Gasteiger charge is 2.19. The first-order valence-electron chi connectivity index (χ1n) is 9.36. The second-order valence-corrected chi connectivity index (χ2v) is 6.68. The lowest BCUT2D eigenvalue weighted by molar-refractivity contribution is -0.128. The average molecular weight is 337 g/mol. The van der Waals surface area contributed by atoms with E-state index < -0.39 is 6.10 Å². The molecule has 1 amide bonds. The Morgan fingerprint density at radius 3 is 2.60 bits per heavy atom. The van der Waals surface area contributed by atoms with E-state index in [1.54, 1.807) is 0 Å². The summed E-state index contributed by atoms with van der Waals surface area (Å²) in [7, 11) is 0. The highest BCUT2D eigenvalue weighted by Crippen LogP contribution is 2.26. The van der Waals surface area contributed by atoms with Crippen LogP contribution in [0.4, 0.5) is 0 Å². The Morgan fingerprint density at radius 2 is 1.84 bits per heavy atom. The third-order valence-corrected chi connectivity index (χ3v) is 4.82. The van der Waals surface area contributed by atoms with Crippen molar-refractivity contribution in [1.82, 2.24) is 5.32 Å². The van der Waals surface area contributed by atoms with Gasteiger partial charge in [-0.15, -0.1) is 0 Å². The van der Waals surface area contributed by atoms with Crippen molar-refractivity contribution >= 4 is 5.91 Å². The molecule has 3 heteroatoms. The monoisotopic (exact) mass is 337 g/mol. The number of benzene rings is 2. The molecule has 1 atom stereocenters. The van der Waals surface area contributed by atoms with Gasteiger partial charge in [-0.2, -0.15) is 0 Å². The van der Waals surface area contributed by atoms with Crippen molar-refractivity contribution in [3.05, 3.63) is 65.2 Å². The van der Waals surface area contributed by atoms with Gasteiger partial charge in [-0.05, 0) is 67.3 Å². The lowest BCUT2D eigenvalue weighted by atomic mass is 9.92. The van der Waals surface area contributed by atoms with Gasteiger partial charge in [0.1, 0.15) is 5.75 Å². The first-order chi connectivity index (χ1) is 12.3. The second-order valence-electron chi connectivity index (χ2n) is 6.68. The van der Waals surface area contributed by atoms with E-state index in [1.807, 2.05) is 31.2 Å². The van der Waals surface area contributed by atoms with Crippen molar-refractivity contribution in [2.75, 3.05) is 6.54 Å². The molecular weight excluding hydrogens is 310 g/mol. The van der Waals surface area contributed by atoms with Crippen LogP contribution in [-0.2, 0) is 24.1 Å². The summed E-state index contributed by atoms with van der Waals surface area (Å²) in [6.45, 7) is 2.62. The van der Waals surface area contributed by atoms with Gasteiger partial charge in [0.05, 0.1) is 0 Å². The molecule has 0 fully saturated rings. The maximum atomic E-state index is 12.4. The molecule has 0 unspecified atom stereocenters. The quantitative estimate of drug-likeness (QED) is 0.827. The zero-order valence-electron chi connectivity index (χ0n) is 15.0. The van der Waals surface area contributed by atoms with Crippen LogP contribution in [0.15, 0.2) is 48.5 Å². The number of hydrogen-bond donors (Lipinski definition) is 1. The number of rotatable bonds is 7. The van der Waals surface area contributed by atoms with Crippen LogP contribution in [-0.4, -0.2) is 18.6 Å². The summed E-state index contributed by atoms with van der Waals surface area (Å²) in [5.41, 5.74) is 4.04. The van der Waals surface area contributed by atoms with Gasteiger partial charge in [-0.3, -0.25) is 4.79 Å². The zero-order valence-corrected chi connectivity index (χ0v) is 15.0. The summed E-state index contributed by atoms with van der Waals surface area (Å²) >= 11 is 0. The van der Waals surface area contributed by atoms with Crippen molar-refractivity contribution in [3.63, 3.8) is 0 Å². The van der Waals surface area contributed by atoms with Gasteiger partial charge in [-0.25, -0.2) is 0 Å². The summed E-state index contributed by atoms with van der Waals surface area (Å²) < 4.78 is 5.98. The number of ether oxygens (including phenoxy) is 1. The third-order valence-electron chi connectivity index (χ3n) is 4.82. The zero-order chi connectivity index (χ0) is 17.5. The standard InChI is InChI=1S/C22H27NO2/c1-2-21(22(24)23-15-14-17-8-4-3-5-9-17)25-20-13-12-18-10-6-7-11-19(18)16-20/h3-5,8-9,12-13,16,21H,2,6-7,10-11,14-15H2,1H3,(H,23,24)/t21-/m0/s1. The van der Waals surface area contributed by atoms with E-state index in [-0.39, 0.29) is 5.91 Å². The molecule has 3 rings (SSSR count). The van der Waals surface area contributed by atoms with Crippen LogP contribution in [0.1, 0.15) is 42.9 Å². The Bertz CT molecular complexity index is 696. The molecule has 0 bridgehead atoms. The van der Waals surface area contributed by atoms with Gasteiger partial charge in [0.15, 0.2) is 6.10 Å². The normalized spacial score (nSPS) is 14.4. The van der Waals surface area contributed by atoms with Gasteiger partial charge >= 0.3 is 0 Å². The molecule has 0 heterocycles. The highest BCUT2D eigenvalue weighted by molar-refractivity contribution is 5.81. The summed E-state index contributed by atoms with van der Waals surface area (Å²) in [4.78, 5) is 12.4. The molecule has 132 valence electrons. The van der Waals surface area contributed by atoms with E-state index in [9.17, 15) is 4.79 Å². The van der Waals surface area contributed by atoms with E-state index in [2.05, 4.69) is 29.6 Å². The molecule has 2 aromatic carbocycles. The fourth-order valence-electron chi connectivity index (χ4n) is 3.36. The van der Waals surface area contributed by atoms with Crippen LogP contribution < -0.4 is 10.1 Å². The van der Waals surface area contributed by atoms with Gasteiger partial charge in [0.2, 0.25) is 0 Å². The van der Waals surface area contributed by atoms with Crippen LogP contribution >= 0.6 is 0 Å². The fourth-order valence-corrected chi connectivity index (χ4v) is 3.36. The Labute approximate surface area is 150 Å². The number of fused-ring (bicyclic) bond motifs is 1. The number of nitrogens with one attached hydrogen (secondary N) is 1. The number of aryl methyl sites for hydroxylation is 2. The molecule has 2 aromatic rings. The maximum Gasteiger partial charge on any atom is 0.261 e. The van der Waals surface area contributed by atoms with E-state index in [4.69, 9.17) is 4.74 Å². The van der Waals surface area contributed by atoms with Gasteiger partial charge in [-0.1, -0.05) is 43.3 Å². The first-order valence-corrected chi connectivity index (χ1v) is 9.36. The van der Waals surface area contributed by atoms with Gasteiger partial charge < -0.3 is 10.1 Å². The maximum absolute atomic E-state index is 12.4. The van der Waals surface area contributed by atoms with Crippen LogP contribution in [0.3, 0.4) is 0 Å². The third kappa shape index (κ3) is 4.85. The molecule has 0 radical (unpaired) electrons. The molecule has 0 saturated heterocycles. The first kappa shape index (κ1) is 17.5. The minimum atomic E-state index is -0.433. The molecule has 1 aliphatic rings. The molecule has 3 nitrogen and oxygen atoms in total. The minimum Gasteiger partial charge on any atom is -0.481 e. The Morgan fingerprint density at radius 1 is 1.08 bits per heavy atom. The van der Waals surface area contributed by atoms with E-state index >= 15 is 0 Å². The van der Waals surface area contributed by atoms with Crippen molar-refractivity contribution < 1.29 is 9.53 Å². The number of carbonyl (C=O) groups is 1. The Hall–Kier alpha value is -2.29. The van der Waals surface area contributed by atoms with E-state index in [0.717, 1.165) is 25.0 Å². The minimum absolute atomic E-state index is 0.0313. The largest absolute Gasteiger partial charge is 0.481 e. The SMILES string of the molecule is CC[C@H](Oc1ccc2c(c1)CCCC2)C(=O)NCCc1ccccc1. The topological polar surface area (TPSA) is 38.3 Å². The van der Waals surface area contributed by atoms with E-state index in [0.29, 0.717) is 13.0 Å². The van der Waals surface area contributed by atoms with Crippen LogP contribution in [0.2, 0.25) is 0 Å². The molecule has 0 aromatic heterocycles. The summed E-state index contributed by atoms with van der Waals surface area (Å²) in [6.07, 6.45) is 5.86. The number of hydrogen-bond acceptors (Lipinski definition) is 2. The predicted octanol–water partition coefficient (Wildman–Crippen LogP) is 4.08. The second kappa shape index (κ2) is 8.70. The number of carbonyl (C=O) groups excluding carboxylic acids is 1. The van der Waals surface area contributed by atoms with Crippen molar-refractivity contribution in [1.29, 1.82) is 0 Å². The molecular formula is C22H27NO2. The smallest absolute Gasteiger partial charge is 0.261 e. The van der Waals surface area contributed by atoms with Crippen molar-refractivity contribution in [2.24, 2.45) is 0 Å². The summed E-state index contributed by atoms with van der Waals surface area (Å²) in [6, 6.07) is 16.5. The van der Waals surface area contributed by atoms with Crippen molar-refractivity contribution in [2.45, 2.75) is 51.6 Å². The summed E-state index contributed by atoms with van der Waals surface area (Å²) in [5.74, 6) is 0.780. The van der Waals surface area contributed by atoms with Crippen LogP contribution in [0, 0.1) is 0 Å². The van der Waals surface area contributed by atoms with Crippen LogP contribution in [0.25, 0.3) is 0 Å². The van der Waals surface area contributed by atoms with Gasteiger partial charge in [0, 0.05) is 6.54 Å². The molecule has 0 aliphatic heterocycles. The van der Waals surface area contributed by atoms with Crippen molar-refractivity contribution in [3.8, 4) is 5.75 Å². The Balaban J connectivity index is 1.53.